The molecule has 0 spiro atoms. The predicted octanol–water partition coefficient (Wildman–Crippen LogP) is 4.95. The van der Waals surface area contributed by atoms with Crippen molar-refractivity contribution in [3.8, 4) is 5.75 Å². The number of nitrogens with zero attached hydrogens (tertiary/aromatic N) is 1. The molecule has 1 fully saturated rings. The Morgan fingerprint density at radius 2 is 1.29 bits per heavy atom. The van der Waals surface area contributed by atoms with Crippen molar-refractivity contribution in [1.82, 2.24) is 4.90 Å². The summed E-state index contributed by atoms with van der Waals surface area (Å²) >= 11 is 0. The van der Waals surface area contributed by atoms with Crippen molar-refractivity contribution >= 4 is 5.91 Å². The van der Waals surface area contributed by atoms with Gasteiger partial charge in [-0.15, -0.1) is 0 Å². The number of methoxy groups -OCH3 is 1. The lowest BCUT2D eigenvalue weighted by atomic mass is 9.85. The molecule has 28 heavy (non-hydrogen) atoms. The molecule has 1 heterocycles. The van der Waals surface area contributed by atoms with Gasteiger partial charge < -0.3 is 9.64 Å². The minimum absolute atomic E-state index is 0.292. The number of likely N-dealkylation sites (tertiary alicyclic amines) is 1. The SMILES string of the molecule is CN1CCCC1=O.COc1ccc([C](c2ccccc2)c2ccccc2)cc1. The van der Waals surface area contributed by atoms with E-state index in [9.17, 15) is 4.79 Å². The topological polar surface area (TPSA) is 29.5 Å². The number of carbonyl (C=O) groups excluding carboxylic acids is 1. The molecule has 143 valence electrons. The highest BCUT2D eigenvalue weighted by Gasteiger charge is 2.17. The van der Waals surface area contributed by atoms with Gasteiger partial charge in [0, 0.05) is 20.0 Å². The number of hydrogen-bond acceptors (Lipinski definition) is 2. The van der Waals surface area contributed by atoms with Gasteiger partial charge in [-0.2, -0.15) is 0 Å². The second-order valence-electron chi connectivity index (χ2n) is 6.75. The van der Waals surface area contributed by atoms with Crippen molar-refractivity contribution in [3.63, 3.8) is 0 Å². The van der Waals surface area contributed by atoms with Crippen LogP contribution in [0.25, 0.3) is 0 Å². The largest absolute Gasteiger partial charge is 0.497 e. The minimum atomic E-state index is 0.292. The van der Waals surface area contributed by atoms with E-state index >= 15 is 0 Å². The maximum absolute atomic E-state index is 10.5. The Labute approximate surface area is 167 Å². The standard InChI is InChI=1S/C20H17O.C5H9NO/c1-21-19-14-12-18(13-15-19)20(16-8-4-2-5-9-16)17-10-6-3-7-11-17;1-6-4-2-3-5(6)7/h2-15H,1H3;2-4H2,1H3. The number of benzene rings is 3. The van der Waals surface area contributed by atoms with Crippen molar-refractivity contribution in [3.05, 3.63) is 108 Å². The summed E-state index contributed by atoms with van der Waals surface area (Å²) in [6, 6.07) is 29.2. The summed E-state index contributed by atoms with van der Waals surface area (Å²) in [5.74, 6) is 2.40. The summed E-state index contributed by atoms with van der Waals surface area (Å²) in [6.07, 6.45) is 1.81. The molecule has 1 aliphatic heterocycles. The first-order valence-electron chi connectivity index (χ1n) is 9.55. The molecule has 1 aliphatic rings. The van der Waals surface area contributed by atoms with Crippen molar-refractivity contribution in [2.24, 2.45) is 0 Å². The molecular weight excluding hydrogens is 346 g/mol. The van der Waals surface area contributed by atoms with Gasteiger partial charge in [0.15, 0.2) is 0 Å². The van der Waals surface area contributed by atoms with Gasteiger partial charge in [-0.1, -0.05) is 72.8 Å². The van der Waals surface area contributed by atoms with Gasteiger partial charge in [-0.05, 0) is 35.2 Å². The van der Waals surface area contributed by atoms with Crippen LogP contribution in [0.4, 0.5) is 0 Å². The Morgan fingerprint density at radius 3 is 1.64 bits per heavy atom. The lowest BCUT2D eigenvalue weighted by molar-refractivity contribution is -0.126. The number of ether oxygens (including phenoxy) is 1. The highest BCUT2D eigenvalue weighted by atomic mass is 16.5. The smallest absolute Gasteiger partial charge is 0.222 e. The molecule has 1 amide bonds. The Balaban J connectivity index is 0.000000271. The van der Waals surface area contributed by atoms with Crippen LogP contribution in [0.15, 0.2) is 84.9 Å². The second kappa shape index (κ2) is 9.75. The zero-order valence-corrected chi connectivity index (χ0v) is 16.5. The summed E-state index contributed by atoms with van der Waals surface area (Å²) in [5, 5.41) is 0. The first-order valence-corrected chi connectivity index (χ1v) is 9.55. The molecule has 1 radical (unpaired) electrons. The molecule has 3 nitrogen and oxygen atoms in total. The van der Waals surface area contributed by atoms with Crippen molar-refractivity contribution < 1.29 is 9.53 Å². The molecule has 3 aromatic rings. The van der Waals surface area contributed by atoms with E-state index in [1.54, 1.807) is 12.0 Å². The molecule has 1 saturated heterocycles. The first kappa shape index (κ1) is 19.7. The molecule has 0 aromatic heterocycles. The molecule has 0 N–H and O–H groups in total. The van der Waals surface area contributed by atoms with Crippen LogP contribution in [0.3, 0.4) is 0 Å². The van der Waals surface area contributed by atoms with Crippen molar-refractivity contribution in [1.29, 1.82) is 0 Å². The van der Waals surface area contributed by atoms with Gasteiger partial charge in [0.1, 0.15) is 5.75 Å². The second-order valence-corrected chi connectivity index (χ2v) is 6.75. The van der Waals surface area contributed by atoms with Crippen molar-refractivity contribution in [2.45, 2.75) is 12.8 Å². The lowest BCUT2D eigenvalue weighted by Gasteiger charge is -2.18. The van der Waals surface area contributed by atoms with Crippen LogP contribution < -0.4 is 4.74 Å². The third-order valence-corrected chi connectivity index (χ3v) is 4.81. The van der Waals surface area contributed by atoms with Crippen LogP contribution in [0.2, 0.25) is 0 Å². The van der Waals surface area contributed by atoms with E-state index in [0.717, 1.165) is 25.1 Å². The van der Waals surface area contributed by atoms with Crippen molar-refractivity contribution in [2.75, 3.05) is 20.7 Å². The van der Waals surface area contributed by atoms with Crippen LogP contribution in [0.1, 0.15) is 29.5 Å². The highest BCUT2D eigenvalue weighted by Crippen LogP contribution is 2.31. The van der Waals surface area contributed by atoms with Gasteiger partial charge in [0.2, 0.25) is 5.91 Å². The fraction of sp³-hybridized carbons (Fsp3) is 0.200. The van der Waals surface area contributed by atoms with Crippen LogP contribution in [-0.2, 0) is 4.79 Å². The third kappa shape index (κ3) is 5.01. The van der Waals surface area contributed by atoms with E-state index in [-0.39, 0.29) is 0 Å². The van der Waals surface area contributed by atoms with E-state index < -0.39 is 0 Å². The van der Waals surface area contributed by atoms with E-state index in [1.165, 1.54) is 22.6 Å². The highest BCUT2D eigenvalue weighted by molar-refractivity contribution is 5.77. The summed E-state index contributed by atoms with van der Waals surface area (Å²) in [5.41, 5.74) is 3.62. The molecule has 0 saturated carbocycles. The normalized spacial score (nSPS) is 13.2. The molecule has 0 bridgehead atoms. The van der Waals surface area contributed by atoms with Crippen LogP contribution in [0.5, 0.6) is 5.75 Å². The quantitative estimate of drug-likeness (QED) is 0.606. The monoisotopic (exact) mass is 372 g/mol. The minimum Gasteiger partial charge on any atom is -0.497 e. The molecule has 3 aromatic carbocycles. The van der Waals surface area contributed by atoms with Crippen LogP contribution in [0, 0.1) is 5.92 Å². The predicted molar refractivity (Wildman–Crippen MR) is 113 cm³/mol. The molecule has 0 aliphatic carbocycles. The zero-order valence-electron chi connectivity index (χ0n) is 16.5. The van der Waals surface area contributed by atoms with E-state index in [4.69, 9.17) is 4.74 Å². The molecule has 4 rings (SSSR count). The lowest BCUT2D eigenvalue weighted by Crippen LogP contribution is -2.17. The van der Waals surface area contributed by atoms with Gasteiger partial charge >= 0.3 is 0 Å². The fourth-order valence-electron chi connectivity index (χ4n) is 3.25. The summed E-state index contributed by atoms with van der Waals surface area (Å²) in [4.78, 5) is 12.3. The number of rotatable bonds is 4. The summed E-state index contributed by atoms with van der Waals surface area (Å²) in [7, 11) is 3.53. The Kier molecular flexibility index (Phi) is 6.85. The average molecular weight is 372 g/mol. The number of amides is 1. The maximum atomic E-state index is 10.5. The average Bonchev–Trinajstić information content (AvgIpc) is 3.13. The van der Waals surface area contributed by atoms with Crippen LogP contribution >= 0.6 is 0 Å². The van der Waals surface area contributed by atoms with Crippen LogP contribution in [-0.4, -0.2) is 31.5 Å². The van der Waals surface area contributed by atoms with E-state index in [0.29, 0.717) is 5.91 Å². The van der Waals surface area contributed by atoms with Gasteiger partial charge in [0.05, 0.1) is 13.0 Å². The number of carbonyl (C=O) groups is 1. The Hall–Kier alpha value is -3.07. The molecule has 3 heteroatoms. The number of hydrogen-bond donors (Lipinski definition) is 0. The molecule has 0 unspecified atom stereocenters. The van der Waals surface area contributed by atoms with Gasteiger partial charge in [0.25, 0.3) is 0 Å². The first-order chi connectivity index (χ1) is 13.7. The molecular formula is C25H26NO2. The Morgan fingerprint density at radius 1 is 0.786 bits per heavy atom. The maximum Gasteiger partial charge on any atom is 0.222 e. The summed E-state index contributed by atoms with van der Waals surface area (Å²) < 4.78 is 5.25. The third-order valence-electron chi connectivity index (χ3n) is 4.81. The van der Waals surface area contributed by atoms with E-state index in [1.807, 2.05) is 31.3 Å². The zero-order chi connectivity index (χ0) is 19.8. The van der Waals surface area contributed by atoms with Gasteiger partial charge in [-0.3, -0.25) is 4.79 Å². The molecule has 0 atom stereocenters. The van der Waals surface area contributed by atoms with Gasteiger partial charge in [-0.25, -0.2) is 0 Å². The fourth-order valence-corrected chi connectivity index (χ4v) is 3.25. The van der Waals surface area contributed by atoms with E-state index in [2.05, 4.69) is 60.7 Å². The Bertz CT molecular complexity index is 821. The summed E-state index contributed by atoms with van der Waals surface area (Å²) in [6.45, 7) is 0.957.